The van der Waals surface area contributed by atoms with E-state index in [2.05, 4.69) is 142 Å². The smallest absolute Gasteiger partial charge is 0.463 e. The van der Waals surface area contributed by atoms with Crippen LogP contribution in [0.15, 0.2) is 122 Å². The van der Waals surface area contributed by atoms with Crippen LogP contribution in [0.2, 0.25) is 0 Å². The Hall–Kier alpha value is -4.05. The van der Waals surface area contributed by atoms with E-state index >= 15 is 0 Å². The number of carbonyl (C=O) groups is 3. The summed E-state index contributed by atoms with van der Waals surface area (Å²) in [6.07, 6.45) is 98.5. The minimum Gasteiger partial charge on any atom is -0.463 e. The molecule has 0 aliphatic heterocycles. The van der Waals surface area contributed by atoms with Gasteiger partial charge in [-0.25, -0.2) is 9.13 Å². The molecular formula is C89H156O16P2. The molecule has 0 rings (SSSR count). The zero-order chi connectivity index (χ0) is 78.0. The summed E-state index contributed by atoms with van der Waals surface area (Å²) in [7, 11) is -9.79. The van der Waals surface area contributed by atoms with Gasteiger partial charge >= 0.3 is 33.6 Å². The second-order valence-corrected chi connectivity index (χ2v) is 31.5. The topological polar surface area (TPSA) is 231 Å². The molecule has 0 aliphatic rings. The minimum atomic E-state index is -4.93. The molecule has 0 fully saturated rings. The van der Waals surface area contributed by atoms with Gasteiger partial charge in [-0.3, -0.25) is 32.5 Å². The molecule has 0 radical (unpaired) electrons. The number of phosphoric ester groups is 2. The zero-order valence-corrected chi connectivity index (χ0v) is 69.6. The summed E-state index contributed by atoms with van der Waals surface area (Å²) in [6.45, 7) is 2.51. The van der Waals surface area contributed by atoms with E-state index in [0.29, 0.717) is 19.3 Å². The van der Waals surface area contributed by atoms with Crippen LogP contribution in [0.25, 0.3) is 0 Å². The van der Waals surface area contributed by atoms with Gasteiger partial charge in [-0.05, 0) is 128 Å². The van der Waals surface area contributed by atoms with E-state index < -0.39 is 91.5 Å². The largest absolute Gasteiger partial charge is 0.472 e. The third-order valence-electron chi connectivity index (χ3n) is 18.1. The summed E-state index contributed by atoms with van der Waals surface area (Å²) < 4.78 is 61.2. The normalized spacial score (nSPS) is 14.5. The minimum absolute atomic E-state index is 0.0920. The van der Waals surface area contributed by atoms with Crippen molar-refractivity contribution in [2.24, 2.45) is 0 Å². The summed E-state index contributed by atoms with van der Waals surface area (Å²) >= 11 is 0. The summed E-state index contributed by atoms with van der Waals surface area (Å²) in [4.78, 5) is 58.6. The third-order valence-corrected chi connectivity index (χ3v) is 20.0. The fourth-order valence-corrected chi connectivity index (χ4v) is 13.2. The fourth-order valence-electron chi connectivity index (χ4n) is 11.6. The van der Waals surface area contributed by atoms with E-state index in [9.17, 15) is 43.5 Å². The van der Waals surface area contributed by atoms with Gasteiger partial charge in [0.1, 0.15) is 25.4 Å². The molecule has 5 unspecified atom stereocenters. The third kappa shape index (κ3) is 82.7. The highest BCUT2D eigenvalue weighted by molar-refractivity contribution is 7.47. The summed E-state index contributed by atoms with van der Waals surface area (Å²) in [5.74, 6) is -1.58. The second kappa shape index (κ2) is 81.4. The monoisotopic (exact) mass is 1540 g/mol. The van der Waals surface area contributed by atoms with E-state index in [4.69, 9.17) is 32.3 Å². The summed E-state index contributed by atoms with van der Waals surface area (Å²) in [5, 5.41) is 20.7. The van der Waals surface area contributed by atoms with E-state index in [1.165, 1.54) is 167 Å². The first-order valence-electron chi connectivity index (χ1n) is 42.8. The number of hydrogen-bond acceptors (Lipinski definition) is 14. The molecule has 0 saturated carbocycles. The average Bonchev–Trinajstić information content (AvgIpc) is 0.909. The Labute approximate surface area is 653 Å². The fraction of sp³-hybridized carbons (Fsp3) is 0.742. The maximum absolute atomic E-state index is 12.9. The number of esters is 3. The van der Waals surface area contributed by atoms with Gasteiger partial charge in [-0.15, -0.1) is 0 Å². The van der Waals surface area contributed by atoms with Crippen LogP contribution in [0.1, 0.15) is 367 Å². The van der Waals surface area contributed by atoms with Crippen molar-refractivity contribution in [3.63, 3.8) is 0 Å². The molecule has 5 atom stereocenters. The van der Waals surface area contributed by atoms with Crippen molar-refractivity contribution in [1.82, 2.24) is 0 Å². The van der Waals surface area contributed by atoms with Gasteiger partial charge in [0.25, 0.3) is 0 Å². The van der Waals surface area contributed by atoms with Crippen molar-refractivity contribution in [3.8, 4) is 0 Å². The number of aliphatic hydroxyl groups excluding tert-OH is 2. The maximum atomic E-state index is 12.9. The molecule has 16 nitrogen and oxygen atoms in total. The Morgan fingerprint density at radius 3 is 0.822 bits per heavy atom. The van der Waals surface area contributed by atoms with Gasteiger partial charge in [0.2, 0.25) is 0 Å². The molecule has 0 saturated heterocycles. The summed E-state index contributed by atoms with van der Waals surface area (Å²) in [6, 6.07) is 0. The van der Waals surface area contributed by atoms with Crippen molar-refractivity contribution in [3.05, 3.63) is 122 Å². The van der Waals surface area contributed by atoms with Gasteiger partial charge in [0.05, 0.1) is 26.4 Å². The first-order chi connectivity index (χ1) is 52.2. The molecule has 0 aromatic heterocycles. The number of allylic oxidation sites excluding steroid dienone is 20. The highest BCUT2D eigenvalue weighted by atomic mass is 31.2. The van der Waals surface area contributed by atoms with Crippen LogP contribution in [0, 0.1) is 0 Å². The molecule has 4 N–H and O–H groups in total. The highest BCUT2D eigenvalue weighted by Crippen LogP contribution is 2.45. The predicted octanol–water partition coefficient (Wildman–Crippen LogP) is 25.7. The van der Waals surface area contributed by atoms with Crippen molar-refractivity contribution in [1.29, 1.82) is 0 Å². The van der Waals surface area contributed by atoms with Gasteiger partial charge < -0.3 is 34.2 Å². The number of aliphatic hydroxyl groups is 2. The number of unbranched alkanes of at least 4 members (excludes halogenated alkanes) is 38. The van der Waals surface area contributed by atoms with Crippen molar-refractivity contribution in [2.45, 2.75) is 386 Å². The number of hydrogen-bond donors (Lipinski definition) is 4. The van der Waals surface area contributed by atoms with Gasteiger partial charge in [0.15, 0.2) is 6.10 Å². The van der Waals surface area contributed by atoms with E-state index in [1.807, 2.05) is 0 Å². The Balaban J connectivity index is 4.33. The number of phosphoric acid groups is 2. The SMILES string of the molecule is CC/C=C\C/C=C\C/C=C\C/C=C\C/C=C\CCCCCCCCCCCC(=O)OCC(COP(=O)(O)OCC(O)COP(=O)(O)OCC(O)COC(=O)CCCCCCCCCCCCCCCCCCCCC/C=C\C/C=C\C/C=C\C/C=C\CCCCC)OC(=O)CCCCCCC/C=C\CCCC. The van der Waals surface area contributed by atoms with Gasteiger partial charge in [-0.1, -0.05) is 341 Å². The van der Waals surface area contributed by atoms with Crippen LogP contribution < -0.4 is 0 Å². The first kappa shape index (κ1) is 103. The Morgan fingerprint density at radius 1 is 0.271 bits per heavy atom. The number of rotatable bonds is 81. The lowest BCUT2D eigenvalue weighted by atomic mass is 10.0. The lowest BCUT2D eigenvalue weighted by Gasteiger charge is -2.21. The standard InChI is InChI=1S/C89H156O16P2/c1-4-7-10-13-16-19-22-24-26-28-30-32-34-36-37-38-39-40-41-42-43-44-45-47-49-50-52-54-56-58-61-63-66-69-72-75-87(92)99-78-84(90)79-101-106(95,96)102-80-85(91)81-103-107(97,98)104-83-86(105-89(94)77-74-71-68-65-60-21-18-15-12-9-6-3)82-100-88(93)76-73-70-67-64-62-59-57-55-53-51-48-46-35-33-31-29-27-25-23-20-17-14-11-8-5-2/h8,11,15-20,24-27,30-33,36-37,46,48,84-86,90-91H,4-7,9-10,12-14,21-23,28-29,34-35,38-45,47,49-83H2,1-3H3,(H,95,96)(H,97,98)/b11-8-,18-15-,19-16-,20-17-,26-24-,27-25-,32-30-,33-31-,37-36-,48-46-. The molecule has 0 aliphatic carbocycles. The summed E-state index contributed by atoms with van der Waals surface area (Å²) in [5.41, 5.74) is 0. The lowest BCUT2D eigenvalue weighted by molar-refractivity contribution is -0.161. The van der Waals surface area contributed by atoms with E-state index in [0.717, 1.165) is 141 Å². The number of carbonyl (C=O) groups excluding carboxylic acids is 3. The van der Waals surface area contributed by atoms with Crippen molar-refractivity contribution < 1.29 is 75.8 Å². The molecule has 0 amide bonds. The molecule has 107 heavy (non-hydrogen) atoms. The van der Waals surface area contributed by atoms with E-state index in [-0.39, 0.29) is 19.3 Å². The Bertz CT molecular complexity index is 2430. The Kier molecular flexibility index (Phi) is 78.4. The van der Waals surface area contributed by atoms with Crippen LogP contribution in [-0.4, -0.2) is 95.9 Å². The molecule has 0 spiro atoms. The highest BCUT2D eigenvalue weighted by Gasteiger charge is 2.29. The van der Waals surface area contributed by atoms with Gasteiger partial charge in [0, 0.05) is 19.3 Å². The molecule has 0 bridgehead atoms. The van der Waals surface area contributed by atoms with Crippen molar-refractivity contribution in [2.75, 3.05) is 39.6 Å². The maximum Gasteiger partial charge on any atom is 0.472 e. The second-order valence-electron chi connectivity index (χ2n) is 28.6. The quantitative estimate of drug-likeness (QED) is 0.0146. The van der Waals surface area contributed by atoms with Crippen molar-refractivity contribution >= 4 is 33.6 Å². The molecular weight excluding hydrogens is 1390 g/mol. The molecule has 0 aromatic carbocycles. The van der Waals surface area contributed by atoms with E-state index in [1.54, 1.807) is 0 Å². The predicted molar refractivity (Wildman–Crippen MR) is 445 cm³/mol. The molecule has 0 heterocycles. The first-order valence-corrected chi connectivity index (χ1v) is 45.8. The van der Waals surface area contributed by atoms with Crippen LogP contribution in [0.3, 0.4) is 0 Å². The van der Waals surface area contributed by atoms with Crippen LogP contribution in [0.5, 0.6) is 0 Å². The average molecular weight is 1540 g/mol. The number of ether oxygens (including phenoxy) is 3. The van der Waals surface area contributed by atoms with Crippen LogP contribution in [0.4, 0.5) is 0 Å². The molecule has 0 aromatic rings. The zero-order valence-electron chi connectivity index (χ0n) is 67.8. The molecule has 618 valence electrons. The lowest BCUT2D eigenvalue weighted by Crippen LogP contribution is -2.30. The van der Waals surface area contributed by atoms with Gasteiger partial charge in [-0.2, -0.15) is 0 Å². The Morgan fingerprint density at radius 2 is 0.505 bits per heavy atom. The van der Waals surface area contributed by atoms with Crippen LogP contribution in [-0.2, 0) is 55.8 Å². The van der Waals surface area contributed by atoms with Crippen LogP contribution >= 0.6 is 15.6 Å². The molecule has 18 heteroatoms.